The Bertz CT molecular complexity index is 993. The third-order valence-corrected chi connectivity index (χ3v) is 6.60. The highest BCUT2D eigenvalue weighted by molar-refractivity contribution is 7.20. The molecule has 29 heavy (non-hydrogen) atoms. The van der Waals surface area contributed by atoms with Crippen molar-refractivity contribution in [2.24, 2.45) is 0 Å². The Morgan fingerprint density at radius 2 is 2.10 bits per heavy atom. The highest BCUT2D eigenvalue weighted by Crippen LogP contribution is 2.35. The Balaban J connectivity index is 1.65. The van der Waals surface area contributed by atoms with Crippen LogP contribution in [-0.2, 0) is 4.74 Å². The molecule has 0 bridgehead atoms. The number of likely N-dealkylation sites (tertiary alicyclic amines) is 1. The molecule has 3 aromatic rings. The summed E-state index contributed by atoms with van der Waals surface area (Å²) < 4.78 is 10.7. The van der Waals surface area contributed by atoms with Crippen LogP contribution in [0.2, 0.25) is 0 Å². The largest absolute Gasteiger partial charge is 0.468 e. The molecule has 0 radical (unpaired) electrons. The van der Waals surface area contributed by atoms with Crippen LogP contribution in [0.15, 0.2) is 22.8 Å². The highest BCUT2D eigenvalue weighted by atomic mass is 32.1. The molecule has 0 saturated carbocycles. The summed E-state index contributed by atoms with van der Waals surface area (Å²) in [5.41, 5.74) is 0.854. The molecular formula is C21H26N4O3S. The third kappa shape index (κ3) is 4.00. The molecule has 0 aromatic carbocycles. The SMILES string of the molecule is COC(=O)c1sc2nc(C)nc(NC[C@H](c3ccco3)N3CCCCC3)c2c1C. The number of furan rings is 1. The van der Waals surface area contributed by atoms with Crippen LogP contribution in [0.4, 0.5) is 5.82 Å². The molecule has 1 saturated heterocycles. The van der Waals surface area contributed by atoms with Gasteiger partial charge in [-0.1, -0.05) is 6.42 Å². The van der Waals surface area contributed by atoms with Crippen LogP contribution in [-0.4, -0.2) is 47.6 Å². The zero-order valence-corrected chi connectivity index (χ0v) is 17.8. The van der Waals surface area contributed by atoms with Crippen molar-refractivity contribution in [1.82, 2.24) is 14.9 Å². The Hall–Kier alpha value is -2.45. The minimum Gasteiger partial charge on any atom is -0.468 e. The molecule has 1 fully saturated rings. The Morgan fingerprint density at radius 3 is 2.79 bits per heavy atom. The lowest BCUT2D eigenvalue weighted by molar-refractivity contribution is 0.0605. The quantitative estimate of drug-likeness (QED) is 0.601. The van der Waals surface area contributed by atoms with Gasteiger partial charge in [0.1, 0.15) is 27.1 Å². The van der Waals surface area contributed by atoms with Gasteiger partial charge >= 0.3 is 5.97 Å². The topological polar surface area (TPSA) is 80.5 Å². The zero-order valence-electron chi connectivity index (χ0n) is 17.0. The first-order valence-electron chi connectivity index (χ1n) is 9.96. The fraction of sp³-hybridized carbons (Fsp3) is 0.476. The molecule has 0 unspecified atom stereocenters. The second-order valence-electron chi connectivity index (χ2n) is 7.36. The van der Waals surface area contributed by atoms with E-state index in [0.717, 1.165) is 40.4 Å². The molecular weight excluding hydrogens is 388 g/mol. The number of piperidine rings is 1. The monoisotopic (exact) mass is 414 g/mol. The summed E-state index contributed by atoms with van der Waals surface area (Å²) in [7, 11) is 1.40. The van der Waals surface area contributed by atoms with Crippen molar-refractivity contribution in [3.8, 4) is 0 Å². The molecule has 4 rings (SSSR count). The van der Waals surface area contributed by atoms with Crippen molar-refractivity contribution in [3.63, 3.8) is 0 Å². The van der Waals surface area contributed by atoms with Crippen LogP contribution in [0.1, 0.15) is 52.1 Å². The molecule has 1 N–H and O–H groups in total. The van der Waals surface area contributed by atoms with Gasteiger partial charge in [-0.3, -0.25) is 4.90 Å². The average molecular weight is 415 g/mol. The summed E-state index contributed by atoms with van der Waals surface area (Å²) in [5, 5.41) is 4.41. The first-order valence-corrected chi connectivity index (χ1v) is 10.8. The molecule has 154 valence electrons. The minimum atomic E-state index is -0.337. The number of carbonyl (C=O) groups is 1. The number of thiophene rings is 1. The minimum absolute atomic E-state index is 0.134. The van der Waals surface area contributed by atoms with Gasteiger partial charge in [0.15, 0.2) is 0 Å². The summed E-state index contributed by atoms with van der Waals surface area (Å²) >= 11 is 1.35. The van der Waals surface area contributed by atoms with E-state index in [1.807, 2.05) is 26.0 Å². The van der Waals surface area contributed by atoms with Gasteiger partial charge in [-0.05, 0) is 57.5 Å². The van der Waals surface area contributed by atoms with E-state index in [-0.39, 0.29) is 12.0 Å². The maximum atomic E-state index is 12.1. The zero-order chi connectivity index (χ0) is 20.4. The lowest BCUT2D eigenvalue weighted by Gasteiger charge is -2.33. The third-order valence-electron chi connectivity index (χ3n) is 5.44. The summed E-state index contributed by atoms with van der Waals surface area (Å²) in [6.07, 6.45) is 5.43. The smallest absolute Gasteiger partial charge is 0.348 e. The highest BCUT2D eigenvalue weighted by Gasteiger charge is 2.26. The summed E-state index contributed by atoms with van der Waals surface area (Å²) in [6.45, 7) is 6.59. The van der Waals surface area contributed by atoms with Crippen molar-refractivity contribution in [3.05, 3.63) is 40.4 Å². The van der Waals surface area contributed by atoms with Gasteiger partial charge in [0, 0.05) is 6.54 Å². The standard InChI is InChI=1S/C21H26N4O3S/c1-13-17-19(23-14(2)24-20(17)29-18(13)21(26)27-3)22-12-15(16-8-7-11-28-16)25-9-5-4-6-10-25/h7-8,11,15H,4-6,9-10,12H2,1-3H3,(H,22,23,24)/t15-/m1/s1. The van der Waals surface area contributed by atoms with Crippen molar-refractivity contribution < 1.29 is 13.9 Å². The van der Waals surface area contributed by atoms with E-state index in [4.69, 9.17) is 9.15 Å². The number of anilines is 1. The number of ether oxygens (including phenoxy) is 1. The lowest BCUT2D eigenvalue weighted by Crippen LogP contribution is -2.37. The Labute approximate surface area is 174 Å². The number of fused-ring (bicyclic) bond motifs is 1. The Morgan fingerprint density at radius 1 is 1.31 bits per heavy atom. The van der Waals surface area contributed by atoms with Crippen LogP contribution in [0.25, 0.3) is 10.2 Å². The fourth-order valence-corrected chi connectivity index (χ4v) is 5.12. The second-order valence-corrected chi connectivity index (χ2v) is 8.36. The van der Waals surface area contributed by atoms with Crippen LogP contribution >= 0.6 is 11.3 Å². The number of nitrogens with zero attached hydrogens (tertiary/aromatic N) is 3. The van der Waals surface area contributed by atoms with Gasteiger partial charge in [-0.25, -0.2) is 14.8 Å². The molecule has 1 aliphatic rings. The van der Waals surface area contributed by atoms with E-state index in [0.29, 0.717) is 17.2 Å². The van der Waals surface area contributed by atoms with E-state index in [9.17, 15) is 4.79 Å². The van der Waals surface area contributed by atoms with Crippen molar-refractivity contribution in [2.45, 2.75) is 39.2 Å². The normalized spacial score (nSPS) is 16.1. The summed E-state index contributed by atoms with van der Waals surface area (Å²) in [5.74, 6) is 2.05. The van der Waals surface area contributed by atoms with E-state index in [2.05, 4.69) is 20.2 Å². The number of rotatable bonds is 6. The van der Waals surface area contributed by atoms with Crippen LogP contribution in [0.3, 0.4) is 0 Å². The van der Waals surface area contributed by atoms with Crippen molar-refractivity contribution >= 4 is 33.3 Å². The van der Waals surface area contributed by atoms with Crippen LogP contribution in [0.5, 0.6) is 0 Å². The maximum Gasteiger partial charge on any atom is 0.348 e. The van der Waals surface area contributed by atoms with Gasteiger partial charge in [-0.2, -0.15) is 0 Å². The molecule has 4 heterocycles. The molecule has 1 atom stereocenters. The number of aromatic nitrogens is 2. The first-order chi connectivity index (χ1) is 14.1. The van der Waals surface area contributed by atoms with Crippen molar-refractivity contribution in [1.29, 1.82) is 0 Å². The number of carbonyl (C=O) groups excluding carboxylic acids is 1. The van der Waals surface area contributed by atoms with Crippen LogP contribution in [0, 0.1) is 13.8 Å². The van der Waals surface area contributed by atoms with Gasteiger partial charge in [0.2, 0.25) is 0 Å². The molecule has 7 nitrogen and oxygen atoms in total. The first kappa shape index (κ1) is 19.8. The van der Waals surface area contributed by atoms with Gasteiger partial charge < -0.3 is 14.5 Å². The molecule has 8 heteroatoms. The summed E-state index contributed by atoms with van der Waals surface area (Å²) in [6, 6.07) is 4.10. The number of aryl methyl sites for hydroxylation is 2. The van der Waals surface area contributed by atoms with Crippen molar-refractivity contribution in [2.75, 3.05) is 32.1 Å². The number of hydrogen-bond donors (Lipinski definition) is 1. The average Bonchev–Trinajstić information content (AvgIpc) is 3.37. The van der Waals surface area contributed by atoms with Gasteiger partial charge in [0.25, 0.3) is 0 Å². The molecule has 0 aliphatic carbocycles. The van der Waals surface area contributed by atoms with Crippen LogP contribution < -0.4 is 5.32 Å². The molecule has 0 spiro atoms. The van der Waals surface area contributed by atoms with Gasteiger partial charge in [-0.15, -0.1) is 11.3 Å². The number of esters is 1. The maximum absolute atomic E-state index is 12.1. The van der Waals surface area contributed by atoms with E-state index in [1.165, 1.54) is 37.7 Å². The second kappa shape index (κ2) is 8.51. The molecule has 0 amide bonds. The number of nitrogens with one attached hydrogen (secondary N) is 1. The van der Waals surface area contributed by atoms with E-state index < -0.39 is 0 Å². The fourth-order valence-electron chi connectivity index (χ4n) is 3.97. The molecule has 3 aromatic heterocycles. The number of hydrogen-bond acceptors (Lipinski definition) is 8. The lowest BCUT2D eigenvalue weighted by atomic mass is 10.1. The number of methoxy groups -OCH3 is 1. The predicted octanol–water partition coefficient (Wildman–Crippen LogP) is 4.33. The molecule has 1 aliphatic heterocycles. The van der Waals surface area contributed by atoms with E-state index in [1.54, 1.807) is 6.26 Å². The predicted molar refractivity (Wildman–Crippen MR) is 114 cm³/mol. The summed E-state index contributed by atoms with van der Waals surface area (Å²) in [4.78, 5) is 25.1. The van der Waals surface area contributed by atoms with E-state index >= 15 is 0 Å². The van der Waals surface area contributed by atoms with Gasteiger partial charge in [0.05, 0.1) is 24.8 Å². The Kier molecular flexibility index (Phi) is 5.82.